The van der Waals surface area contributed by atoms with Crippen LogP contribution < -0.4 is 0 Å². The van der Waals surface area contributed by atoms with E-state index >= 15 is 0 Å². The smallest absolute Gasteiger partial charge is 0.0116 e. The minimum Gasteiger partial charge on any atom is -0.0880 e. The normalized spacial score (nSPS) is 41.9. The summed E-state index contributed by atoms with van der Waals surface area (Å²) in [6.45, 7) is 2.42. The molecule has 0 aromatic rings. The zero-order valence-corrected chi connectivity index (χ0v) is 8.18. The largest absolute Gasteiger partial charge is 0.0880 e. The summed E-state index contributed by atoms with van der Waals surface area (Å²) in [6.07, 6.45) is 15.0. The Bertz CT molecular complexity index is 180. The summed E-state index contributed by atoms with van der Waals surface area (Å²) >= 11 is 0. The van der Waals surface area contributed by atoms with E-state index in [4.69, 9.17) is 0 Å². The van der Waals surface area contributed by atoms with E-state index in [1.165, 1.54) is 44.9 Å². The second kappa shape index (κ2) is 3.24. The molecule has 2 aliphatic carbocycles. The van der Waals surface area contributed by atoms with Crippen molar-refractivity contribution in [3.8, 4) is 0 Å². The van der Waals surface area contributed by atoms with Crippen LogP contribution in [0.2, 0.25) is 0 Å². The Labute approximate surface area is 76.1 Å². The Morgan fingerprint density at radius 2 is 2.08 bits per heavy atom. The Balaban J connectivity index is 2.07. The van der Waals surface area contributed by atoms with Crippen molar-refractivity contribution < 1.29 is 0 Å². The van der Waals surface area contributed by atoms with Gasteiger partial charge in [-0.2, -0.15) is 0 Å². The van der Waals surface area contributed by atoms with Crippen molar-refractivity contribution >= 4 is 0 Å². The van der Waals surface area contributed by atoms with Gasteiger partial charge < -0.3 is 0 Å². The molecule has 0 heterocycles. The molecule has 0 bridgehead atoms. The van der Waals surface area contributed by atoms with Crippen LogP contribution in [0.1, 0.15) is 51.9 Å². The minimum absolute atomic E-state index is 0.649. The molecule has 0 aromatic carbocycles. The van der Waals surface area contributed by atoms with Crippen molar-refractivity contribution in [2.75, 3.05) is 0 Å². The van der Waals surface area contributed by atoms with Gasteiger partial charge in [0.2, 0.25) is 0 Å². The Hall–Kier alpha value is -0.260. The van der Waals surface area contributed by atoms with Gasteiger partial charge in [-0.3, -0.25) is 0 Å². The number of hydrogen-bond acceptors (Lipinski definition) is 0. The summed E-state index contributed by atoms with van der Waals surface area (Å²) in [7, 11) is 0. The van der Waals surface area contributed by atoms with E-state index in [2.05, 4.69) is 19.1 Å². The lowest BCUT2D eigenvalue weighted by Crippen LogP contribution is -2.27. The molecule has 12 heavy (non-hydrogen) atoms. The van der Waals surface area contributed by atoms with Gasteiger partial charge in [0.1, 0.15) is 0 Å². The third-order valence-corrected chi connectivity index (χ3v) is 3.64. The van der Waals surface area contributed by atoms with Crippen LogP contribution in [0.3, 0.4) is 0 Å². The summed E-state index contributed by atoms with van der Waals surface area (Å²) in [5, 5.41) is 0. The van der Waals surface area contributed by atoms with Crippen molar-refractivity contribution in [3.63, 3.8) is 0 Å². The highest BCUT2D eigenvalue weighted by Crippen LogP contribution is 2.45. The van der Waals surface area contributed by atoms with Crippen molar-refractivity contribution in [1.29, 1.82) is 0 Å². The molecule has 0 radical (unpaired) electrons. The van der Waals surface area contributed by atoms with Gasteiger partial charge in [-0.15, -0.1) is 0 Å². The van der Waals surface area contributed by atoms with Crippen LogP contribution in [-0.4, -0.2) is 0 Å². The van der Waals surface area contributed by atoms with Crippen molar-refractivity contribution in [2.45, 2.75) is 51.9 Å². The molecular formula is C12H20. The molecule has 2 atom stereocenters. The fourth-order valence-corrected chi connectivity index (χ4v) is 3.07. The zero-order valence-electron chi connectivity index (χ0n) is 8.18. The molecular weight excluding hydrogens is 144 g/mol. The van der Waals surface area contributed by atoms with Gasteiger partial charge in [-0.05, 0) is 43.4 Å². The second-order valence-corrected chi connectivity index (χ2v) is 4.86. The molecule has 2 rings (SSSR count). The Morgan fingerprint density at radius 3 is 2.75 bits per heavy atom. The average Bonchev–Trinajstić information content (AvgIpc) is 2.05. The number of hydrogen-bond donors (Lipinski definition) is 0. The fourth-order valence-electron chi connectivity index (χ4n) is 3.07. The van der Waals surface area contributed by atoms with Crippen molar-refractivity contribution in [1.82, 2.24) is 0 Å². The number of allylic oxidation sites excluding steroid dienone is 2. The van der Waals surface area contributed by atoms with Gasteiger partial charge in [0.15, 0.2) is 0 Å². The van der Waals surface area contributed by atoms with Crippen molar-refractivity contribution in [3.05, 3.63) is 12.2 Å². The molecule has 68 valence electrons. The third kappa shape index (κ3) is 1.57. The first-order chi connectivity index (χ1) is 5.81. The second-order valence-electron chi connectivity index (χ2n) is 4.86. The molecule has 1 spiro atoms. The molecule has 0 N–H and O–H groups in total. The Morgan fingerprint density at radius 1 is 1.25 bits per heavy atom. The van der Waals surface area contributed by atoms with E-state index < -0.39 is 0 Å². The molecule has 1 saturated carbocycles. The van der Waals surface area contributed by atoms with Gasteiger partial charge >= 0.3 is 0 Å². The van der Waals surface area contributed by atoms with E-state index in [0.29, 0.717) is 5.41 Å². The lowest BCUT2D eigenvalue weighted by Gasteiger charge is -2.39. The first kappa shape index (κ1) is 8.34. The average molecular weight is 164 g/mol. The highest BCUT2D eigenvalue weighted by molar-refractivity contribution is 5.05. The minimum atomic E-state index is 0.649. The fraction of sp³-hybridized carbons (Fsp3) is 0.833. The first-order valence-corrected chi connectivity index (χ1v) is 5.48. The van der Waals surface area contributed by atoms with E-state index in [-0.39, 0.29) is 0 Å². The highest BCUT2D eigenvalue weighted by Gasteiger charge is 2.32. The maximum Gasteiger partial charge on any atom is -0.0116 e. The zero-order chi connectivity index (χ0) is 8.44. The topological polar surface area (TPSA) is 0 Å². The maximum absolute atomic E-state index is 2.53. The SMILES string of the molecule is CC1CCCC2(C=CCCC2)C1. The van der Waals surface area contributed by atoms with Gasteiger partial charge in [-0.1, -0.05) is 31.9 Å². The summed E-state index contributed by atoms with van der Waals surface area (Å²) in [5.41, 5.74) is 0.649. The quantitative estimate of drug-likeness (QED) is 0.476. The van der Waals surface area contributed by atoms with Crippen LogP contribution in [0, 0.1) is 11.3 Å². The van der Waals surface area contributed by atoms with Crippen LogP contribution in [0.15, 0.2) is 12.2 Å². The maximum atomic E-state index is 2.53. The molecule has 2 aliphatic rings. The summed E-state index contributed by atoms with van der Waals surface area (Å²) in [4.78, 5) is 0. The molecule has 0 saturated heterocycles. The molecule has 0 aliphatic heterocycles. The lowest BCUT2D eigenvalue weighted by atomic mass is 9.66. The highest BCUT2D eigenvalue weighted by atomic mass is 14.4. The standard InChI is InChI=1S/C12H20/c1-11-6-5-9-12(10-11)7-3-2-4-8-12/h3,7,11H,2,4-6,8-10H2,1H3. The van der Waals surface area contributed by atoms with Crippen LogP contribution in [0.5, 0.6) is 0 Å². The molecule has 1 fully saturated rings. The van der Waals surface area contributed by atoms with Gasteiger partial charge in [0.25, 0.3) is 0 Å². The molecule has 0 amide bonds. The van der Waals surface area contributed by atoms with Crippen LogP contribution >= 0.6 is 0 Å². The molecule has 0 aromatic heterocycles. The third-order valence-electron chi connectivity index (χ3n) is 3.64. The van der Waals surface area contributed by atoms with Gasteiger partial charge in [-0.25, -0.2) is 0 Å². The van der Waals surface area contributed by atoms with E-state index in [0.717, 1.165) is 5.92 Å². The van der Waals surface area contributed by atoms with E-state index in [9.17, 15) is 0 Å². The van der Waals surface area contributed by atoms with E-state index in [1.54, 1.807) is 0 Å². The van der Waals surface area contributed by atoms with E-state index in [1.807, 2.05) is 0 Å². The van der Waals surface area contributed by atoms with Gasteiger partial charge in [0.05, 0.1) is 0 Å². The summed E-state index contributed by atoms with van der Waals surface area (Å²) in [5.74, 6) is 0.974. The molecule has 0 heteroatoms. The first-order valence-electron chi connectivity index (χ1n) is 5.48. The molecule has 0 nitrogen and oxygen atoms in total. The lowest BCUT2D eigenvalue weighted by molar-refractivity contribution is 0.179. The van der Waals surface area contributed by atoms with Crippen LogP contribution in [0.4, 0.5) is 0 Å². The monoisotopic (exact) mass is 164 g/mol. The predicted octanol–water partition coefficient (Wildman–Crippen LogP) is 3.92. The van der Waals surface area contributed by atoms with Crippen LogP contribution in [0.25, 0.3) is 0 Å². The van der Waals surface area contributed by atoms with Gasteiger partial charge in [0, 0.05) is 0 Å². The molecule has 2 unspecified atom stereocenters. The number of rotatable bonds is 0. The summed E-state index contributed by atoms with van der Waals surface area (Å²) in [6, 6.07) is 0. The predicted molar refractivity (Wildman–Crippen MR) is 53.1 cm³/mol. The Kier molecular flexibility index (Phi) is 2.25. The summed E-state index contributed by atoms with van der Waals surface area (Å²) < 4.78 is 0. The van der Waals surface area contributed by atoms with Crippen LogP contribution in [-0.2, 0) is 0 Å². The van der Waals surface area contributed by atoms with Crippen molar-refractivity contribution in [2.24, 2.45) is 11.3 Å².